The summed E-state index contributed by atoms with van der Waals surface area (Å²) in [6, 6.07) is 0.784. The molecular formula is C14H23N3S. The second-order valence-electron chi connectivity index (χ2n) is 4.90. The maximum Gasteiger partial charge on any atom is 0.138 e. The highest BCUT2D eigenvalue weighted by molar-refractivity contribution is 7.98. The molecule has 1 aromatic heterocycles. The van der Waals surface area contributed by atoms with Crippen molar-refractivity contribution in [3.05, 3.63) is 22.8 Å². The maximum absolute atomic E-state index is 4.63. The van der Waals surface area contributed by atoms with Crippen LogP contribution in [-0.4, -0.2) is 28.3 Å². The lowest BCUT2D eigenvalue weighted by molar-refractivity contribution is 0.674. The molecule has 0 saturated heterocycles. The highest BCUT2D eigenvalue weighted by Crippen LogP contribution is 2.19. The minimum absolute atomic E-state index is 0.784. The number of aromatic nitrogens is 2. The lowest BCUT2D eigenvalue weighted by Crippen LogP contribution is -2.20. The number of rotatable bonds is 7. The normalized spacial score (nSPS) is 15.1. The van der Waals surface area contributed by atoms with E-state index in [-0.39, 0.29) is 0 Å². The fraction of sp³-hybridized carbons (Fsp3) is 0.714. The molecule has 0 amide bonds. The highest BCUT2D eigenvalue weighted by Gasteiger charge is 2.20. The van der Waals surface area contributed by atoms with Gasteiger partial charge in [-0.25, -0.2) is 9.97 Å². The molecule has 18 heavy (non-hydrogen) atoms. The standard InChI is InChI=1S/C14H23N3S/c1-4-18-9-14-16-10(2)13(11(3)17-14)7-8-15-12-5-6-12/h12,15H,4-9H2,1-3H3. The average molecular weight is 265 g/mol. The van der Waals surface area contributed by atoms with Crippen molar-refractivity contribution in [3.63, 3.8) is 0 Å². The summed E-state index contributed by atoms with van der Waals surface area (Å²) in [7, 11) is 0. The molecule has 1 aliphatic rings. The third-order valence-corrected chi connectivity index (χ3v) is 4.16. The summed E-state index contributed by atoms with van der Waals surface area (Å²) >= 11 is 1.88. The molecule has 1 aliphatic carbocycles. The van der Waals surface area contributed by atoms with Crippen molar-refractivity contribution in [3.8, 4) is 0 Å². The van der Waals surface area contributed by atoms with Gasteiger partial charge in [0.15, 0.2) is 0 Å². The number of nitrogens with zero attached hydrogens (tertiary/aromatic N) is 2. The van der Waals surface area contributed by atoms with Crippen LogP contribution in [0.25, 0.3) is 0 Å². The third kappa shape index (κ3) is 3.95. The quantitative estimate of drug-likeness (QED) is 0.822. The number of hydrogen-bond acceptors (Lipinski definition) is 4. The Labute approximate surface area is 114 Å². The molecule has 0 bridgehead atoms. The molecule has 0 aromatic carbocycles. The van der Waals surface area contributed by atoms with Gasteiger partial charge in [0.1, 0.15) is 5.82 Å². The highest BCUT2D eigenvalue weighted by atomic mass is 32.2. The summed E-state index contributed by atoms with van der Waals surface area (Å²) in [6.45, 7) is 7.45. The molecule has 1 heterocycles. The molecule has 0 spiro atoms. The monoisotopic (exact) mass is 265 g/mol. The van der Waals surface area contributed by atoms with Gasteiger partial charge in [0.25, 0.3) is 0 Å². The molecule has 3 nitrogen and oxygen atoms in total. The van der Waals surface area contributed by atoms with Crippen LogP contribution >= 0.6 is 11.8 Å². The van der Waals surface area contributed by atoms with Crippen molar-refractivity contribution in [1.82, 2.24) is 15.3 Å². The second-order valence-corrected chi connectivity index (χ2v) is 6.18. The van der Waals surface area contributed by atoms with Crippen LogP contribution in [-0.2, 0) is 12.2 Å². The van der Waals surface area contributed by atoms with E-state index in [2.05, 4.69) is 36.1 Å². The first-order valence-corrected chi connectivity index (χ1v) is 8.00. The van der Waals surface area contributed by atoms with Gasteiger partial charge in [-0.15, -0.1) is 0 Å². The van der Waals surface area contributed by atoms with Crippen molar-refractivity contribution < 1.29 is 0 Å². The molecule has 0 atom stereocenters. The fourth-order valence-electron chi connectivity index (χ4n) is 2.12. The van der Waals surface area contributed by atoms with Crippen molar-refractivity contribution in [2.75, 3.05) is 12.3 Å². The molecule has 2 rings (SSSR count). The van der Waals surface area contributed by atoms with Gasteiger partial charge in [-0.1, -0.05) is 6.92 Å². The molecule has 1 N–H and O–H groups in total. The first kappa shape index (κ1) is 13.8. The summed E-state index contributed by atoms with van der Waals surface area (Å²) < 4.78 is 0. The molecule has 0 radical (unpaired) electrons. The second kappa shape index (κ2) is 6.53. The fourth-order valence-corrected chi connectivity index (χ4v) is 2.63. The Morgan fingerprint density at radius 2 is 1.89 bits per heavy atom. The number of thioether (sulfide) groups is 1. The van der Waals surface area contributed by atoms with Crippen molar-refractivity contribution >= 4 is 11.8 Å². The van der Waals surface area contributed by atoms with E-state index in [0.29, 0.717) is 0 Å². The molecular weight excluding hydrogens is 242 g/mol. The molecule has 0 unspecified atom stereocenters. The number of hydrogen-bond donors (Lipinski definition) is 1. The van der Waals surface area contributed by atoms with E-state index in [1.165, 1.54) is 18.4 Å². The van der Waals surface area contributed by atoms with E-state index in [0.717, 1.165) is 47.7 Å². The van der Waals surface area contributed by atoms with Gasteiger partial charge in [-0.05, 0) is 51.0 Å². The summed E-state index contributed by atoms with van der Waals surface area (Å²) in [5.41, 5.74) is 3.65. The van der Waals surface area contributed by atoms with Gasteiger partial charge >= 0.3 is 0 Å². The molecule has 0 aliphatic heterocycles. The molecule has 1 fully saturated rings. The minimum Gasteiger partial charge on any atom is -0.314 e. The van der Waals surface area contributed by atoms with Gasteiger partial charge in [0.05, 0.1) is 5.75 Å². The first-order valence-electron chi connectivity index (χ1n) is 6.84. The zero-order valence-electron chi connectivity index (χ0n) is 11.6. The molecule has 1 aromatic rings. The largest absolute Gasteiger partial charge is 0.314 e. The Morgan fingerprint density at radius 3 is 2.44 bits per heavy atom. The zero-order valence-corrected chi connectivity index (χ0v) is 12.4. The van der Waals surface area contributed by atoms with Crippen LogP contribution in [0.15, 0.2) is 0 Å². The number of aryl methyl sites for hydroxylation is 2. The smallest absolute Gasteiger partial charge is 0.138 e. The van der Waals surface area contributed by atoms with Crippen LogP contribution < -0.4 is 5.32 Å². The molecule has 100 valence electrons. The van der Waals surface area contributed by atoms with E-state index in [4.69, 9.17) is 0 Å². The van der Waals surface area contributed by atoms with E-state index in [1.807, 2.05) is 11.8 Å². The zero-order chi connectivity index (χ0) is 13.0. The SMILES string of the molecule is CCSCc1nc(C)c(CCNC2CC2)c(C)n1. The van der Waals surface area contributed by atoms with Gasteiger partial charge in [-0.2, -0.15) is 11.8 Å². The van der Waals surface area contributed by atoms with Crippen molar-refractivity contribution in [1.29, 1.82) is 0 Å². The minimum atomic E-state index is 0.784. The number of nitrogens with one attached hydrogen (secondary N) is 1. The van der Waals surface area contributed by atoms with Gasteiger partial charge in [0.2, 0.25) is 0 Å². The summed E-state index contributed by atoms with van der Waals surface area (Å²) in [6.07, 6.45) is 3.75. The Balaban J connectivity index is 1.95. The van der Waals surface area contributed by atoms with Crippen molar-refractivity contribution in [2.45, 2.75) is 51.8 Å². The third-order valence-electron chi connectivity index (χ3n) is 3.29. The van der Waals surface area contributed by atoms with E-state index >= 15 is 0 Å². The predicted molar refractivity (Wildman–Crippen MR) is 78.1 cm³/mol. The molecule has 4 heteroatoms. The Morgan fingerprint density at radius 1 is 1.22 bits per heavy atom. The van der Waals surface area contributed by atoms with Crippen LogP contribution in [0, 0.1) is 13.8 Å². The summed E-state index contributed by atoms with van der Waals surface area (Å²) in [5, 5.41) is 3.55. The van der Waals surface area contributed by atoms with Crippen LogP contribution in [0.1, 0.15) is 42.5 Å². The van der Waals surface area contributed by atoms with E-state index < -0.39 is 0 Å². The lowest BCUT2D eigenvalue weighted by atomic mass is 10.1. The first-order chi connectivity index (χ1) is 8.70. The van der Waals surface area contributed by atoms with Crippen LogP contribution in [0.3, 0.4) is 0 Å². The van der Waals surface area contributed by atoms with Crippen LogP contribution in [0.2, 0.25) is 0 Å². The van der Waals surface area contributed by atoms with Crippen LogP contribution in [0.4, 0.5) is 0 Å². The van der Waals surface area contributed by atoms with Gasteiger partial charge < -0.3 is 5.32 Å². The van der Waals surface area contributed by atoms with Crippen molar-refractivity contribution in [2.24, 2.45) is 0 Å². The average Bonchev–Trinajstić information content (AvgIpc) is 3.14. The van der Waals surface area contributed by atoms with Gasteiger partial charge in [-0.3, -0.25) is 0 Å². The lowest BCUT2D eigenvalue weighted by Gasteiger charge is -2.11. The molecule has 1 saturated carbocycles. The van der Waals surface area contributed by atoms with E-state index in [1.54, 1.807) is 0 Å². The van der Waals surface area contributed by atoms with Crippen LogP contribution in [0.5, 0.6) is 0 Å². The maximum atomic E-state index is 4.63. The van der Waals surface area contributed by atoms with E-state index in [9.17, 15) is 0 Å². The van der Waals surface area contributed by atoms with Gasteiger partial charge in [0, 0.05) is 17.4 Å². The Bertz CT molecular complexity index is 379. The summed E-state index contributed by atoms with van der Waals surface area (Å²) in [5.74, 6) is 3.03. The summed E-state index contributed by atoms with van der Waals surface area (Å²) in [4.78, 5) is 9.25. The Kier molecular flexibility index (Phi) is 5.01. The topological polar surface area (TPSA) is 37.8 Å². The Hall–Kier alpha value is -0.610. The predicted octanol–water partition coefficient (Wildman–Crippen LogP) is 2.64.